The predicted octanol–water partition coefficient (Wildman–Crippen LogP) is 2.22. The summed E-state index contributed by atoms with van der Waals surface area (Å²) in [5, 5.41) is 11.7. The summed E-state index contributed by atoms with van der Waals surface area (Å²) in [6.45, 7) is 5.12. The number of aldehydes is 1. The molecule has 0 aliphatic heterocycles. The van der Waals surface area contributed by atoms with Crippen molar-refractivity contribution in [1.29, 1.82) is 0 Å². The van der Waals surface area contributed by atoms with Crippen LogP contribution >= 0.6 is 0 Å². The van der Waals surface area contributed by atoms with Gasteiger partial charge in [-0.05, 0) is 25.3 Å². The SMILES string of the molecule is CCCCC(CC)CN[C@H](C=O)CCC(=O)O. The van der Waals surface area contributed by atoms with Gasteiger partial charge in [-0.25, -0.2) is 0 Å². The monoisotopic (exact) mass is 243 g/mol. The fourth-order valence-electron chi connectivity index (χ4n) is 1.76. The Hall–Kier alpha value is -0.900. The lowest BCUT2D eigenvalue weighted by Crippen LogP contribution is -2.35. The van der Waals surface area contributed by atoms with Crippen LogP contribution in [0.3, 0.4) is 0 Å². The molecular weight excluding hydrogens is 218 g/mol. The molecule has 2 atom stereocenters. The number of carboxylic acid groups (broad SMARTS) is 1. The molecule has 0 radical (unpaired) electrons. The maximum absolute atomic E-state index is 10.8. The van der Waals surface area contributed by atoms with E-state index >= 15 is 0 Å². The third-order valence-electron chi connectivity index (χ3n) is 3.05. The van der Waals surface area contributed by atoms with Gasteiger partial charge in [0.2, 0.25) is 0 Å². The molecule has 17 heavy (non-hydrogen) atoms. The van der Waals surface area contributed by atoms with Crippen LogP contribution in [-0.2, 0) is 9.59 Å². The molecule has 1 unspecified atom stereocenters. The van der Waals surface area contributed by atoms with Gasteiger partial charge in [0.05, 0.1) is 6.04 Å². The highest BCUT2D eigenvalue weighted by molar-refractivity contribution is 5.68. The molecule has 4 nitrogen and oxygen atoms in total. The summed E-state index contributed by atoms with van der Waals surface area (Å²) in [4.78, 5) is 21.2. The van der Waals surface area contributed by atoms with Gasteiger partial charge in [0.15, 0.2) is 0 Å². The van der Waals surface area contributed by atoms with Crippen molar-refractivity contribution in [3.05, 3.63) is 0 Å². The number of hydrogen-bond donors (Lipinski definition) is 2. The summed E-state index contributed by atoms with van der Waals surface area (Å²) in [7, 11) is 0. The van der Waals surface area contributed by atoms with Crippen LogP contribution < -0.4 is 5.32 Å². The Labute approximate surface area is 104 Å². The van der Waals surface area contributed by atoms with Gasteiger partial charge >= 0.3 is 5.97 Å². The van der Waals surface area contributed by atoms with E-state index < -0.39 is 5.97 Å². The van der Waals surface area contributed by atoms with E-state index in [0.29, 0.717) is 12.3 Å². The molecule has 0 aromatic heterocycles. The van der Waals surface area contributed by atoms with Crippen LogP contribution in [0.4, 0.5) is 0 Å². The first-order chi connectivity index (χ1) is 8.13. The van der Waals surface area contributed by atoms with Gasteiger partial charge in [0, 0.05) is 6.42 Å². The molecule has 0 saturated heterocycles. The zero-order valence-corrected chi connectivity index (χ0v) is 10.9. The van der Waals surface area contributed by atoms with Gasteiger partial charge in [-0.3, -0.25) is 4.79 Å². The lowest BCUT2D eigenvalue weighted by Gasteiger charge is -2.18. The topological polar surface area (TPSA) is 66.4 Å². The molecule has 0 heterocycles. The van der Waals surface area contributed by atoms with Gasteiger partial charge in [-0.15, -0.1) is 0 Å². The standard InChI is InChI=1S/C13H25NO3/c1-3-5-6-11(4-2)9-14-12(10-15)7-8-13(16)17/h10-12,14H,3-9H2,1-2H3,(H,16,17)/t11?,12-/m0/s1. The van der Waals surface area contributed by atoms with E-state index in [-0.39, 0.29) is 12.5 Å². The van der Waals surface area contributed by atoms with Crippen LogP contribution in [0.2, 0.25) is 0 Å². The van der Waals surface area contributed by atoms with Crippen molar-refractivity contribution in [3.8, 4) is 0 Å². The summed E-state index contributed by atoms with van der Waals surface area (Å²) in [6.07, 6.45) is 5.90. The van der Waals surface area contributed by atoms with Gasteiger partial charge in [-0.2, -0.15) is 0 Å². The molecule has 0 fully saturated rings. The normalized spacial score (nSPS) is 14.2. The number of carbonyl (C=O) groups excluding carboxylic acids is 1. The molecule has 0 aliphatic rings. The highest BCUT2D eigenvalue weighted by atomic mass is 16.4. The Kier molecular flexibility index (Phi) is 9.72. The summed E-state index contributed by atoms with van der Waals surface area (Å²) in [5.74, 6) is -0.265. The minimum atomic E-state index is -0.850. The smallest absolute Gasteiger partial charge is 0.303 e. The average molecular weight is 243 g/mol. The maximum atomic E-state index is 10.8. The molecule has 0 spiro atoms. The zero-order chi connectivity index (χ0) is 13.1. The van der Waals surface area contributed by atoms with Crippen LogP contribution in [0.5, 0.6) is 0 Å². The number of hydrogen-bond acceptors (Lipinski definition) is 3. The molecular formula is C13H25NO3. The highest BCUT2D eigenvalue weighted by Gasteiger charge is 2.12. The number of carbonyl (C=O) groups is 2. The van der Waals surface area contributed by atoms with E-state index in [1.807, 2.05) is 0 Å². The molecule has 0 aliphatic carbocycles. The molecule has 0 bridgehead atoms. The first kappa shape index (κ1) is 16.1. The fraction of sp³-hybridized carbons (Fsp3) is 0.846. The number of carboxylic acids is 1. The third kappa shape index (κ3) is 8.86. The average Bonchev–Trinajstić information content (AvgIpc) is 2.32. The molecule has 0 aromatic carbocycles. The largest absolute Gasteiger partial charge is 0.481 e. The maximum Gasteiger partial charge on any atom is 0.303 e. The quantitative estimate of drug-likeness (QED) is 0.546. The Morgan fingerprint density at radius 1 is 1.35 bits per heavy atom. The molecule has 0 saturated carbocycles. The Balaban J connectivity index is 3.85. The molecule has 0 amide bonds. The summed E-state index contributed by atoms with van der Waals surface area (Å²) < 4.78 is 0. The Morgan fingerprint density at radius 2 is 2.06 bits per heavy atom. The number of nitrogens with one attached hydrogen (secondary N) is 1. The third-order valence-corrected chi connectivity index (χ3v) is 3.05. The lowest BCUT2D eigenvalue weighted by atomic mass is 9.99. The zero-order valence-electron chi connectivity index (χ0n) is 10.9. The van der Waals surface area contributed by atoms with Gasteiger partial charge < -0.3 is 15.2 Å². The minimum absolute atomic E-state index is 0.0438. The number of aliphatic carboxylic acids is 1. The van der Waals surface area contributed by atoms with Crippen molar-refractivity contribution < 1.29 is 14.7 Å². The summed E-state index contributed by atoms with van der Waals surface area (Å²) >= 11 is 0. The van der Waals surface area contributed by atoms with Crippen LogP contribution in [-0.4, -0.2) is 29.9 Å². The van der Waals surface area contributed by atoms with Crippen molar-refractivity contribution >= 4 is 12.3 Å². The molecule has 0 rings (SSSR count). The Bertz CT molecular complexity index is 219. The second-order valence-electron chi connectivity index (χ2n) is 4.50. The van der Waals surface area contributed by atoms with Crippen molar-refractivity contribution in [2.75, 3.05) is 6.54 Å². The van der Waals surface area contributed by atoms with Gasteiger partial charge in [0.1, 0.15) is 6.29 Å². The second-order valence-corrected chi connectivity index (χ2v) is 4.50. The molecule has 100 valence electrons. The van der Waals surface area contributed by atoms with Gasteiger partial charge in [-0.1, -0.05) is 33.1 Å². The second kappa shape index (κ2) is 10.3. The van der Waals surface area contributed by atoms with Crippen LogP contribution in [0, 0.1) is 5.92 Å². The van der Waals surface area contributed by atoms with Crippen molar-refractivity contribution in [1.82, 2.24) is 5.32 Å². The summed E-state index contributed by atoms with van der Waals surface area (Å²) in [6, 6.07) is -0.318. The van der Waals surface area contributed by atoms with E-state index in [1.54, 1.807) is 0 Å². The summed E-state index contributed by atoms with van der Waals surface area (Å²) in [5.41, 5.74) is 0. The van der Waals surface area contributed by atoms with E-state index in [9.17, 15) is 9.59 Å². The van der Waals surface area contributed by atoms with Crippen LogP contribution in [0.1, 0.15) is 52.4 Å². The van der Waals surface area contributed by atoms with E-state index in [2.05, 4.69) is 19.2 Å². The van der Waals surface area contributed by atoms with Crippen LogP contribution in [0.25, 0.3) is 0 Å². The highest BCUT2D eigenvalue weighted by Crippen LogP contribution is 2.11. The molecule has 0 aromatic rings. The van der Waals surface area contributed by atoms with Crippen molar-refractivity contribution in [2.24, 2.45) is 5.92 Å². The van der Waals surface area contributed by atoms with Crippen LogP contribution in [0.15, 0.2) is 0 Å². The first-order valence-corrected chi connectivity index (χ1v) is 6.54. The first-order valence-electron chi connectivity index (χ1n) is 6.54. The van der Waals surface area contributed by atoms with E-state index in [4.69, 9.17) is 5.11 Å². The predicted molar refractivity (Wildman–Crippen MR) is 68.0 cm³/mol. The molecule has 4 heteroatoms. The lowest BCUT2D eigenvalue weighted by molar-refractivity contribution is -0.137. The van der Waals surface area contributed by atoms with E-state index in [1.165, 1.54) is 19.3 Å². The van der Waals surface area contributed by atoms with E-state index in [0.717, 1.165) is 19.3 Å². The number of rotatable bonds is 11. The van der Waals surface area contributed by atoms with Crippen molar-refractivity contribution in [3.63, 3.8) is 0 Å². The Morgan fingerprint density at radius 3 is 2.53 bits per heavy atom. The number of unbranched alkanes of at least 4 members (excludes halogenated alkanes) is 1. The van der Waals surface area contributed by atoms with Crippen molar-refractivity contribution in [2.45, 2.75) is 58.4 Å². The molecule has 2 N–H and O–H groups in total. The minimum Gasteiger partial charge on any atom is -0.481 e. The fourth-order valence-corrected chi connectivity index (χ4v) is 1.76. The van der Waals surface area contributed by atoms with Gasteiger partial charge in [0.25, 0.3) is 0 Å².